The van der Waals surface area contributed by atoms with Gasteiger partial charge in [0.15, 0.2) is 0 Å². The van der Waals surface area contributed by atoms with Gasteiger partial charge in [-0.05, 0) is 38.5 Å². The van der Waals surface area contributed by atoms with E-state index in [9.17, 15) is 8.42 Å². The molecule has 0 amide bonds. The minimum atomic E-state index is -3.04. The molecule has 0 spiro atoms. The maximum absolute atomic E-state index is 11.3. The summed E-state index contributed by atoms with van der Waals surface area (Å²) in [6, 6.07) is 5.28. The summed E-state index contributed by atoms with van der Waals surface area (Å²) in [5.74, 6) is 0.752. The predicted octanol–water partition coefficient (Wildman–Crippen LogP) is 2.71. The van der Waals surface area contributed by atoms with Crippen molar-refractivity contribution in [3.05, 3.63) is 29.0 Å². The molecular formula is C14H20ClN3O2S. The molecule has 116 valence electrons. The molecule has 0 aliphatic carbocycles. The molecule has 1 aromatic heterocycles. The maximum atomic E-state index is 11.3. The minimum Gasteiger partial charge on any atom is -0.324 e. The van der Waals surface area contributed by atoms with Crippen molar-refractivity contribution < 1.29 is 8.42 Å². The summed E-state index contributed by atoms with van der Waals surface area (Å²) in [5.41, 5.74) is 7.90. The summed E-state index contributed by atoms with van der Waals surface area (Å²) < 4.78 is 24.6. The Kier molecular flexibility index (Phi) is 4.60. The van der Waals surface area contributed by atoms with Crippen LogP contribution >= 0.6 is 11.6 Å². The van der Waals surface area contributed by atoms with E-state index in [1.165, 1.54) is 6.26 Å². The molecule has 0 radical (unpaired) electrons. The summed E-state index contributed by atoms with van der Waals surface area (Å²) in [4.78, 5) is 4.55. The Balaban J connectivity index is 2.44. The number of sulfone groups is 1. The monoisotopic (exact) mass is 329 g/mol. The van der Waals surface area contributed by atoms with Crippen LogP contribution in [0.15, 0.2) is 18.2 Å². The van der Waals surface area contributed by atoms with Crippen molar-refractivity contribution >= 4 is 32.5 Å². The van der Waals surface area contributed by atoms with Crippen LogP contribution < -0.4 is 5.73 Å². The van der Waals surface area contributed by atoms with Gasteiger partial charge in [-0.2, -0.15) is 0 Å². The fourth-order valence-electron chi connectivity index (χ4n) is 2.36. The van der Waals surface area contributed by atoms with E-state index < -0.39 is 15.9 Å². The van der Waals surface area contributed by atoms with E-state index in [1.54, 1.807) is 6.07 Å². The standard InChI is InChI=1S/C14H20ClN3O2S/c1-9(2)18-13-5-4-10(15)8-12(13)17-14(18)11(16)6-7-21(3,19)20/h4-5,8-9,11H,6-7,16H2,1-3H3. The lowest BCUT2D eigenvalue weighted by Crippen LogP contribution is -2.20. The second kappa shape index (κ2) is 5.94. The number of aromatic nitrogens is 2. The van der Waals surface area contributed by atoms with Gasteiger partial charge < -0.3 is 10.3 Å². The molecule has 0 saturated carbocycles. The van der Waals surface area contributed by atoms with Crippen LogP contribution in [0.1, 0.15) is 38.2 Å². The van der Waals surface area contributed by atoms with Crippen LogP contribution in [0.25, 0.3) is 11.0 Å². The van der Waals surface area contributed by atoms with Gasteiger partial charge in [-0.3, -0.25) is 0 Å². The van der Waals surface area contributed by atoms with Crippen molar-refractivity contribution in [2.45, 2.75) is 32.4 Å². The topological polar surface area (TPSA) is 78.0 Å². The molecular weight excluding hydrogens is 310 g/mol. The largest absolute Gasteiger partial charge is 0.324 e. The Bertz CT molecular complexity index is 753. The number of hydrogen-bond acceptors (Lipinski definition) is 4. The van der Waals surface area contributed by atoms with Crippen LogP contribution in [0.2, 0.25) is 5.02 Å². The molecule has 21 heavy (non-hydrogen) atoms. The van der Waals surface area contributed by atoms with E-state index >= 15 is 0 Å². The second-order valence-corrected chi connectivity index (χ2v) is 8.29. The number of halogens is 1. The third-order valence-corrected chi connectivity index (χ3v) is 4.54. The van der Waals surface area contributed by atoms with Crippen LogP contribution in [-0.2, 0) is 9.84 Å². The van der Waals surface area contributed by atoms with Gasteiger partial charge in [0.25, 0.3) is 0 Å². The van der Waals surface area contributed by atoms with E-state index in [0.29, 0.717) is 17.3 Å². The normalized spacial score (nSPS) is 14.0. The molecule has 1 unspecified atom stereocenters. The lowest BCUT2D eigenvalue weighted by molar-refractivity contribution is 0.531. The highest BCUT2D eigenvalue weighted by molar-refractivity contribution is 7.90. The molecule has 2 rings (SSSR count). The Labute approximate surface area is 130 Å². The number of hydrogen-bond donors (Lipinski definition) is 1. The third-order valence-electron chi connectivity index (χ3n) is 3.33. The van der Waals surface area contributed by atoms with Crippen molar-refractivity contribution in [1.29, 1.82) is 0 Å². The summed E-state index contributed by atoms with van der Waals surface area (Å²) in [7, 11) is -3.04. The Morgan fingerprint density at radius 2 is 2.05 bits per heavy atom. The molecule has 2 N–H and O–H groups in total. The lowest BCUT2D eigenvalue weighted by atomic mass is 10.2. The molecule has 0 aliphatic heterocycles. The van der Waals surface area contributed by atoms with Crippen LogP contribution in [0.5, 0.6) is 0 Å². The molecule has 1 heterocycles. The van der Waals surface area contributed by atoms with Crippen LogP contribution in [-0.4, -0.2) is 30.0 Å². The van der Waals surface area contributed by atoms with Gasteiger partial charge in [-0.25, -0.2) is 13.4 Å². The SMILES string of the molecule is CC(C)n1c(C(N)CCS(C)(=O)=O)nc2cc(Cl)ccc21. The van der Waals surface area contributed by atoms with E-state index in [1.807, 2.05) is 30.5 Å². The summed E-state index contributed by atoms with van der Waals surface area (Å²) in [6.45, 7) is 4.09. The second-order valence-electron chi connectivity index (χ2n) is 5.59. The first kappa shape index (κ1) is 16.3. The zero-order valence-electron chi connectivity index (χ0n) is 12.4. The van der Waals surface area contributed by atoms with Gasteiger partial charge in [-0.15, -0.1) is 0 Å². The Hall–Kier alpha value is -1.11. The molecule has 0 saturated heterocycles. The first-order valence-corrected chi connectivity index (χ1v) is 9.23. The first-order chi connectivity index (χ1) is 9.69. The Morgan fingerprint density at radius 3 is 2.62 bits per heavy atom. The van der Waals surface area contributed by atoms with Crippen LogP contribution in [0.4, 0.5) is 0 Å². The average molecular weight is 330 g/mol. The molecule has 0 fully saturated rings. The number of nitrogens with two attached hydrogens (primary N) is 1. The average Bonchev–Trinajstić information content (AvgIpc) is 2.73. The van der Waals surface area contributed by atoms with Crippen molar-refractivity contribution in [1.82, 2.24) is 9.55 Å². The summed E-state index contributed by atoms with van der Waals surface area (Å²) >= 11 is 6.00. The number of rotatable bonds is 5. The fourth-order valence-corrected chi connectivity index (χ4v) is 3.21. The molecule has 0 bridgehead atoms. The van der Waals surface area contributed by atoms with Crippen LogP contribution in [0.3, 0.4) is 0 Å². The number of benzene rings is 1. The Morgan fingerprint density at radius 1 is 1.38 bits per heavy atom. The van der Waals surface area contributed by atoms with Gasteiger partial charge >= 0.3 is 0 Å². The third kappa shape index (κ3) is 3.75. The first-order valence-electron chi connectivity index (χ1n) is 6.79. The summed E-state index contributed by atoms with van der Waals surface area (Å²) in [5, 5.41) is 0.618. The van der Waals surface area contributed by atoms with Crippen molar-refractivity contribution in [2.75, 3.05) is 12.0 Å². The van der Waals surface area contributed by atoms with Gasteiger partial charge in [0.1, 0.15) is 15.7 Å². The van der Waals surface area contributed by atoms with Crippen LogP contribution in [0, 0.1) is 0 Å². The number of imidazole rings is 1. The molecule has 1 aromatic carbocycles. The van der Waals surface area contributed by atoms with Gasteiger partial charge in [0, 0.05) is 17.3 Å². The molecule has 1 atom stereocenters. The van der Waals surface area contributed by atoms with Gasteiger partial charge in [0.2, 0.25) is 0 Å². The summed E-state index contributed by atoms with van der Waals surface area (Å²) in [6.07, 6.45) is 1.56. The number of nitrogens with zero attached hydrogens (tertiary/aromatic N) is 2. The molecule has 2 aromatic rings. The van der Waals surface area contributed by atoms with Crippen molar-refractivity contribution in [3.8, 4) is 0 Å². The van der Waals surface area contributed by atoms with Crippen molar-refractivity contribution in [2.24, 2.45) is 5.73 Å². The minimum absolute atomic E-state index is 0.0518. The predicted molar refractivity (Wildman–Crippen MR) is 86.4 cm³/mol. The number of fused-ring (bicyclic) bond motifs is 1. The maximum Gasteiger partial charge on any atom is 0.147 e. The van der Waals surface area contributed by atoms with Crippen molar-refractivity contribution in [3.63, 3.8) is 0 Å². The van der Waals surface area contributed by atoms with E-state index in [0.717, 1.165) is 11.0 Å². The smallest absolute Gasteiger partial charge is 0.147 e. The fraction of sp³-hybridized carbons (Fsp3) is 0.500. The highest BCUT2D eigenvalue weighted by Crippen LogP contribution is 2.27. The van der Waals surface area contributed by atoms with E-state index in [-0.39, 0.29) is 11.8 Å². The van der Waals surface area contributed by atoms with E-state index in [2.05, 4.69) is 4.98 Å². The zero-order valence-corrected chi connectivity index (χ0v) is 13.9. The van der Waals surface area contributed by atoms with Gasteiger partial charge in [0.05, 0.1) is 22.8 Å². The molecule has 7 heteroatoms. The lowest BCUT2D eigenvalue weighted by Gasteiger charge is -2.17. The highest BCUT2D eigenvalue weighted by atomic mass is 35.5. The quantitative estimate of drug-likeness (QED) is 0.914. The van der Waals surface area contributed by atoms with Gasteiger partial charge in [-0.1, -0.05) is 11.6 Å². The molecule has 0 aliphatic rings. The zero-order chi connectivity index (χ0) is 15.8. The van der Waals surface area contributed by atoms with E-state index in [4.69, 9.17) is 17.3 Å². The molecule has 5 nitrogen and oxygen atoms in total. The highest BCUT2D eigenvalue weighted by Gasteiger charge is 2.20.